The summed E-state index contributed by atoms with van der Waals surface area (Å²) in [7, 11) is 1.37. The highest BCUT2D eigenvalue weighted by molar-refractivity contribution is 5.91. The van der Waals surface area contributed by atoms with Gasteiger partial charge in [0, 0.05) is 13.5 Å². The van der Waals surface area contributed by atoms with Gasteiger partial charge in [-0.25, -0.2) is 4.79 Å². The lowest BCUT2D eigenvalue weighted by Crippen LogP contribution is -2.54. The smallest absolute Gasteiger partial charge is 0.426 e. The van der Waals surface area contributed by atoms with Crippen molar-refractivity contribution in [3.8, 4) is 0 Å². The number of carbonyl (C=O) groups excluding carboxylic acids is 4. The molecule has 1 rings (SSSR count). The number of alkyl halides is 3. The topological polar surface area (TPSA) is 102 Å². The first-order valence-electron chi connectivity index (χ1n) is 7.43. The molecule has 0 spiro atoms. The molecule has 0 aromatic rings. The van der Waals surface area contributed by atoms with Gasteiger partial charge in [-0.1, -0.05) is 6.42 Å². The number of halogens is 3. The summed E-state index contributed by atoms with van der Waals surface area (Å²) in [5, 5.41) is 1.31. The van der Waals surface area contributed by atoms with Crippen LogP contribution >= 0.6 is 0 Å². The van der Waals surface area contributed by atoms with Gasteiger partial charge in [-0.05, 0) is 19.8 Å². The predicted molar refractivity (Wildman–Crippen MR) is 76.1 cm³/mol. The van der Waals surface area contributed by atoms with Gasteiger partial charge in [-0.15, -0.1) is 0 Å². The van der Waals surface area contributed by atoms with Crippen LogP contribution in [0.2, 0.25) is 0 Å². The highest BCUT2D eigenvalue weighted by Crippen LogP contribution is 2.29. The Morgan fingerprint density at radius 2 is 1.88 bits per heavy atom. The Morgan fingerprint density at radius 3 is 2.44 bits per heavy atom. The van der Waals surface area contributed by atoms with Gasteiger partial charge in [0.1, 0.15) is 12.1 Å². The summed E-state index contributed by atoms with van der Waals surface area (Å²) < 4.78 is 44.8. The molecule has 142 valence electrons. The maximum Gasteiger partial charge on any atom is 0.471 e. The van der Waals surface area contributed by atoms with E-state index in [1.807, 2.05) is 0 Å². The van der Waals surface area contributed by atoms with E-state index < -0.39 is 43.0 Å². The van der Waals surface area contributed by atoms with E-state index in [-0.39, 0.29) is 5.78 Å². The van der Waals surface area contributed by atoms with Gasteiger partial charge in [-0.3, -0.25) is 19.3 Å². The largest absolute Gasteiger partial charge is 0.471 e. The predicted octanol–water partition coefficient (Wildman–Crippen LogP) is 1.14. The molecule has 11 heteroatoms. The minimum absolute atomic E-state index is 0.106. The monoisotopic (exact) mass is 368 g/mol. The third-order valence-corrected chi connectivity index (χ3v) is 3.99. The standard InChI is InChI=1S/C14H19F3N2O6/c1-13(6-4-3-5-9(13)20)19(2)12(23)25-8-24-10(21)7-18-11(22)14(15,16)17/h3-8H2,1-2H3,(H,18,22)/t13-/m1/s1. The molecule has 0 unspecified atom stereocenters. The van der Waals surface area contributed by atoms with Crippen LogP contribution in [0.1, 0.15) is 32.6 Å². The average Bonchev–Trinajstić information content (AvgIpc) is 2.53. The summed E-state index contributed by atoms with van der Waals surface area (Å²) in [6.45, 7) is -0.273. The van der Waals surface area contributed by atoms with Crippen molar-refractivity contribution in [3.05, 3.63) is 0 Å². The number of ether oxygens (including phenoxy) is 2. The van der Waals surface area contributed by atoms with Gasteiger partial charge in [0.15, 0.2) is 5.78 Å². The molecule has 8 nitrogen and oxygen atoms in total. The molecular formula is C14H19F3N2O6. The van der Waals surface area contributed by atoms with Crippen LogP contribution in [0.3, 0.4) is 0 Å². The number of rotatable bonds is 5. The van der Waals surface area contributed by atoms with Gasteiger partial charge < -0.3 is 14.8 Å². The summed E-state index contributed by atoms with van der Waals surface area (Å²) in [5.74, 6) is -3.61. The van der Waals surface area contributed by atoms with Crippen molar-refractivity contribution in [2.45, 2.75) is 44.3 Å². The first-order valence-corrected chi connectivity index (χ1v) is 7.43. The fraction of sp³-hybridized carbons (Fsp3) is 0.714. The molecule has 1 fully saturated rings. The second-order valence-electron chi connectivity index (χ2n) is 5.69. The van der Waals surface area contributed by atoms with Gasteiger partial charge in [-0.2, -0.15) is 13.2 Å². The van der Waals surface area contributed by atoms with Crippen LogP contribution in [-0.4, -0.2) is 60.8 Å². The van der Waals surface area contributed by atoms with Crippen LogP contribution in [-0.2, 0) is 23.9 Å². The van der Waals surface area contributed by atoms with Crippen LogP contribution in [0.5, 0.6) is 0 Å². The van der Waals surface area contributed by atoms with Crippen LogP contribution < -0.4 is 5.32 Å². The number of likely N-dealkylation sites (N-methyl/N-ethyl adjacent to an activating group) is 1. The second kappa shape index (κ2) is 8.17. The minimum atomic E-state index is -5.11. The lowest BCUT2D eigenvalue weighted by atomic mass is 9.81. The number of nitrogens with zero attached hydrogens (tertiary/aromatic N) is 1. The van der Waals surface area contributed by atoms with Gasteiger partial charge in [0.2, 0.25) is 6.79 Å². The van der Waals surface area contributed by atoms with E-state index in [0.717, 1.165) is 17.7 Å². The zero-order valence-corrected chi connectivity index (χ0v) is 13.8. The zero-order valence-electron chi connectivity index (χ0n) is 13.8. The van der Waals surface area contributed by atoms with Crippen LogP contribution in [0, 0.1) is 0 Å². The SMILES string of the molecule is CN(C(=O)OCOC(=O)CNC(=O)C(F)(F)F)[C@]1(C)CCCCC1=O. The van der Waals surface area contributed by atoms with E-state index in [4.69, 9.17) is 0 Å². The van der Waals surface area contributed by atoms with E-state index >= 15 is 0 Å². The molecule has 1 atom stereocenters. The van der Waals surface area contributed by atoms with Gasteiger partial charge in [0.25, 0.3) is 0 Å². The maximum atomic E-state index is 12.0. The van der Waals surface area contributed by atoms with Crippen molar-refractivity contribution in [2.75, 3.05) is 20.4 Å². The van der Waals surface area contributed by atoms with E-state index in [1.165, 1.54) is 12.4 Å². The molecule has 0 saturated heterocycles. The lowest BCUT2D eigenvalue weighted by molar-refractivity contribution is -0.175. The number of hydrogen-bond donors (Lipinski definition) is 1. The van der Waals surface area contributed by atoms with Gasteiger partial charge in [0.05, 0.1) is 0 Å². The normalized spacial score (nSPS) is 20.6. The Hall–Kier alpha value is -2.33. The number of hydrogen-bond acceptors (Lipinski definition) is 6. The number of nitrogens with one attached hydrogen (secondary N) is 1. The van der Waals surface area contributed by atoms with E-state index in [2.05, 4.69) is 9.47 Å². The van der Waals surface area contributed by atoms with Crippen molar-refractivity contribution >= 4 is 23.8 Å². The first kappa shape index (κ1) is 20.7. The number of ketones is 1. The van der Waals surface area contributed by atoms with Crippen molar-refractivity contribution in [1.29, 1.82) is 0 Å². The number of Topliss-reactive ketones (excluding diaryl/α,β-unsaturated/α-hetero) is 1. The number of carbonyl (C=O) groups is 4. The second-order valence-corrected chi connectivity index (χ2v) is 5.69. The fourth-order valence-electron chi connectivity index (χ4n) is 2.27. The molecular weight excluding hydrogens is 349 g/mol. The van der Waals surface area contributed by atoms with Crippen LogP contribution in [0.15, 0.2) is 0 Å². The Bertz CT molecular complexity index is 551. The molecule has 0 aliphatic heterocycles. The van der Waals surface area contributed by atoms with Crippen LogP contribution in [0.25, 0.3) is 0 Å². The zero-order chi connectivity index (χ0) is 19.3. The van der Waals surface area contributed by atoms with Crippen molar-refractivity contribution < 1.29 is 41.8 Å². The highest BCUT2D eigenvalue weighted by atomic mass is 19.4. The van der Waals surface area contributed by atoms with Crippen molar-refractivity contribution in [2.24, 2.45) is 0 Å². The first-order chi connectivity index (χ1) is 11.5. The maximum absolute atomic E-state index is 12.0. The molecule has 0 aromatic heterocycles. The summed E-state index contributed by atoms with van der Waals surface area (Å²) in [6, 6.07) is 0. The molecule has 1 saturated carbocycles. The molecule has 0 heterocycles. The van der Waals surface area contributed by atoms with E-state index in [0.29, 0.717) is 12.8 Å². The third kappa shape index (κ3) is 5.61. The Labute approximate surface area is 141 Å². The lowest BCUT2D eigenvalue weighted by Gasteiger charge is -2.39. The average molecular weight is 368 g/mol. The fourth-order valence-corrected chi connectivity index (χ4v) is 2.27. The van der Waals surface area contributed by atoms with Crippen molar-refractivity contribution in [1.82, 2.24) is 10.2 Å². The molecule has 0 radical (unpaired) electrons. The third-order valence-electron chi connectivity index (χ3n) is 3.99. The molecule has 1 N–H and O–H groups in total. The summed E-state index contributed by atoms with van der Waals surface area (Å²) >= 11 is 0. The summed E-state index contributed by atoms with van der Waals surface area (Å²) in [5.41, 5.74) is -1.01. The van der Waals surface area contributed by atoms with Gasteiger partial charge >= 0.3 is 24.1 Å². The Kier molecular flexibility index (Phi) is 6.77. The van der Waals surface area contributed by atoms with E-state index in [9.17, 15) is 32.3 Å². The van der Waals surface area contributed by atoms with Crippen LogP contribution in [0.4, 0.5) is 18.0 Å². The number of amides is 2. The highest BCUT2D eigenvalue weighted by Gasteiger charge is 2.42. The molecule has 1 aliphatic carbocycles. The molecule has 25 heavy (non-hydrogen) atoms. The molecule has 2 amide bonds. The Morgan fingerprint density at radius 1 is 1.24 bits per heavy atom. The van der Waals surface area contributed by atoms with Crippen molar-refractivity contribution in [3.63, 3.8) is 0 Å². The Balaban J connectivity index is 2.37. The molecule has 1 aliphatic rings. The number of esters is 1. The summed E-state index contributed by atoms with van der Waals surface area (Å²) in [4.78, 5) is 46.7. The molecule has 0 aromatic carbocycles. The van der Waals surface area contributed by atoms with E-state index in [1.54, 1.807) is 6.92 Å². The summed E-state index contributed by atoms with van der Waals surface area (Å²) in [6.07, 6.45) is -3.68. The molecule has 0 bridgehead atoms. The minimum Gasteiger partial charge on any atom is -0.426 e. The quantitative estimate of drug-likeness (QED) is 0.577.